The minimum absolute atomic E-state index is 0.0596. The Morgan fingerprint density at radius 1 is 1.17 bits per heavy atom. The molecule has 0 fully saturated rings. The minimum Gasteiger partial charge on any atom is -0.469 e. The number of aromatic nitrogens is 2. The molecule has 0 aliphatic rings. The first-order valence-electron chi connectivity index (χ1n) is 9.29. The van der Waals surface area contributed by atoms with Crippen LogP contribution in [0.5, 0.6) is 0 Å². The average Bonchev–Trinajstić information content (AvgIpc) is 3.02. The zero-order chi connectivity index (χ0) is 21.8. The van der Waals surface area contributed by atoms with Gasteiger partial charge in [0.1, 0.15) is 5.82 Å². The molecular weight excluding hydrogens is 409 g/mol. The normalized spacial score (nSPS) is 10.7. The molecule has 156 valence electrons. The van der Waals surface area contributed by atoms with Crippen LogP contribution in [0.15, 0.2) is 42.5 Å². The maximum atomic E-state index is 13.3. The van der Waals surface area contributed by atoms with Gasteiger partial charge in [-0.25, -0.2) is 9.07 Å². The third-order valence-electron chi connectivity index (χ3n) is 4.80. The van der Waals surface area contributed by atoms with Crippen molar-refractivity contribution < 1.29 is 18.7 Å². The molecule has 30 heavy (non-hydrogen) atoms. The fraction of sp³-hybridized carbons (Fsp3) is 0.227. The Morgan fingerprint density at radius 3 is 2.50 bits per heavy atom. The van der Waals surface area contributed by atoms with Gasteiger partial charge in [0.15, 0.2) is 0 Å². The first kappa shape index (κ1) is 21.5. The fourth-order valence-corrected chi connectivity index (χ4v) is 3.33. The largest absolute Gasteiger partial charge is 0.469 e. The molecule has 1 amide bonds. The van der Waals surface area contributed by atoms with Crippen molar-refractivity contribution in [1.82, 2.24) is 9.78 Å². The van der Waals surface area contributed by atoms with Crippen LogP contribution in [0.2, 0.25) is 5.02 Å². The van der Waals surface area contributed by atoms with Gasteiger partial charge in [-0.15, -0.1) is 0 Å². The first-order valence-corrected chi connectivity index (χ1v) is 9.66. The number of hydrogen-bond donors (Lipinski definition) is 1. The van der Waals surface area contributed by atoms with Gasteiger partial charge in [-0.1, -0.05) is 11.6 Å². The van der Waals surface area contributed by atoms with Crippen LogP contribution in [-0.4, -0.2) is 28.8 Å². The molecule has 0 atom stereocenters. The van der Waals surface area contributed by atoms with E-state index in [4.69, 9.17) is 16.3 Å². The van der Waals surface area contributed by atoms with Gasteiger partial charge in [0.25, 0.3) is 5.91 Å². The highest BCUT2D eigenvalue weighted by Gasteiger charge is 2.15. The second-order valence-electron chi connectivity index (χ2n) is 6.77. The Bertz CT molecular complexity index is 1090. The van der Waals surface area contributed by atoms with E-state index in [1.54, 1.807) is 28.9 Å². The Labute approximate surface area is 178 Å². The molecule has 3 rings (SSSR count). The molecule has 0 unspecified atom stereocenters. The molecule has 6 nitrogen and oxygen atoms in total. The Hall–Kier alpha value is -3.19. The van der Waals surface area contributed by atoms with Gasteiger partial charge >= 0.3 is 5.97 Å². The summed E-state index contributed by atoms with van der Waals surface area (Å²) in [6, 6.07) is 10.9. The number of benzene rings is 2. The van der Waals surface area contributed by atoms with Crippen LogP contribution < -0.4 is 5.32 Å². The summed E-state index contributed by atoms with van der Waals surface area (Å²) in [5.74, 6) is -1.15. The third-order valence-corrected chi connectivity index (χ3v) is 5.09. The van der Waals surface area contributed by atoms with Crippen LogP contribution in [0.3, 0.4) is 0 Å². The monoisotopic (exact) mass is 429 g/mol. The lowest BCUT2D eigenvalue weighted by Crippen LogP contribution is -2.12. The van der Waals surface area contributed by atoms with Gasteiger partial charge in [-0.2, -0.15) is 5.10 Å². The van der Waals surface area contributed by atoms with Crippen molar-refractivity contribution in [3.63, 3.8) is 0 Å². The van der Waals surface area contributed by atoms with Crippen molar-refractivity contribution >= 4 is 29.2 Å². The molecule has 2 aromatic carbocycles. The zero-order valence-corrected chi connectivity index (χ0v) is 17.6. The number of nitrogens with one attached hydrogen (secondary N) is 1. The van der Waals surface area contributed by atoms with Crippen LogP contribution in [0.4, 0.5) is 10.1 Å². The number of amides is 1. The molecule has 0 bridgehead atoms. The van der Waals surface area contributed by atoms with E-state index in [0.717, 1.165) is 22.6 Å². The standard InChI is InChI=1S/C22H21ClFN3O3/c1-13-18(9-11-21(28)30-3)14(2)27(26-13)17-7-4-15(5-8-17)22(29)25-16-6-10-20(24)19(23)12-16/h4-8,10,12H,9,11H2,1-3H3,(H,25,29). The summed E-state index contributed by atoms with van der Waals surface area (Å²) in [6.45, 7) is 3.83. The molecule has 1 N–H and O–H groups in total. The second-order valence-corrected chi connectivity index (χ2v) is 7.17. The summed E-state index contributed by atoms with van der Waals surface area (Å²) in [7, 11) is 1.37. The van der Waals surface area contributed by atoms with E-state index in [0.29, 0.717) is 17.7 Å². The lowest BCUT2D eigenvalue weighted by atomic mass is 10.1. The van der Waals surface area contributed by atoms with Crippen molar-refractivity contribution in [2.75, 3.05) is 12.4 Å². The lowest BCUT2D eigenvalue weighted by molar-refractivity contribution is -0.140. The lowest BCUT2D eigenvalue weighted by Gasteiger charge is -2.08. The number of hydrogen-bond acceptors (Lipinski definition) is 4. The number of carbonyl (C=O) groups is 2. The molecule has 0 aliphatic heterocycles. The van der Waals surface area contributed by atoms with Crippen LogP contribution in [0.1, 0.15) is 33.7 Å². The van der Waals surface area contributed by atoms with Crippen molar-refractivity contribution in [3.05, 3.63) is 75.8 Å². The average molecular weight is 430 g/mol. The number of ether oxygens (including phenoxy) is 1. The van der Waals surface area contributed by atoms with E-state index >= 15 is 0 Å². The van der Waals surface area contributed by atoms with Gasteiger partial charge < -0.3 is 10.1 Å². The van der Waals surface area contributed by atoms with E-state index in [1.807, 2.05) is 13.8 Å². The molecule has 0 radical (unpaired) electrons. The number of carbonyl (C=O) groups excluding carboxylic acids is 2. The third kappa shape index (κ3) is 4.68. The predicted octanol–water partition coefficient (Wildman–Crippen LogP) is 4.64. The Balaban J connectivity index is 1.76. The van der Waals surface area contributed by atoms with E-state index in [9.17, 15) is 14.0 Å². The molecule has 1 heterocycles. The molecule has 0 spiro atoms. The summed E-state index contributed by atoms with van der Waals surface area (Å²) in [4.78, 5) is 23.9. The van der Waals surface area contributed by atoms with Crippen LogP contribution >= 0.6 is 11.6 Å². The number of halogens is 2. The Kier molecular flexibility index (Phi) is 6.52. The zero-order valence-electron chi connectivity index (χ0n) is 16.8. The number of nitrogens with zero attached hydrogens (tertiary/aromatic N) is 2. The first-order chi connectivity index (χ1) is 14.3. The van der Waals surface area contributed by atoms with Gasteiger partial charge in [-0.3, -0.25) is 9.59 Å². The predicted molar refractivity (Wildman–Crippen MR) is 113 cm³/mol. The summed E-state index contributed by atoms with van der Waals surface area (Å²) in [6.07, 6.45) is 0.835. The molecule has 1 aromatic heterocycles. The summed E-state index contributed by atoms with van der Waals surface area (Å²) < 4.78 is 19.7. The minimum atomic E-state index is -0.546. The molecule has 8 heteroatoms. The number of esters is 1. The van der Waals surface area contributed by atoms with Crippen LogP contribution in [-0.2, 0) is 16.0 Å². The van der Waals surface area contributed by atoms with Gasteiger partial charge in [-0.05, 0) is 68.3 Å². The second kappa shape index (κ2) is 9.09. The van der Waals surface area contributed by atoms with Gasteiger partial charge in [0, 0.05) is 23.4 Å². The topological polar surface area (TPSA) is 73.2 Å². The smallest absolute Gasteiger partial charge is 0.305 e. The maximum absolute atomic E-state index is 13.3. The summed E-state index contributed by atoms with van der Waals surface area (Å²) in [5, 5.41) is 7.19. The van der Waals surface area contributed by atoms with E-state index in [2.05, 4.69) is 10.4 Å². The van der Waals surface area contributed by atoms with E-state index in [-0.39, 0.29) is 23.3 Å². The molecule has 0 aliphatic carbocycles. The number of anilines is 1. The number of methoxy groups -OCH3 is 1. The highest BCUT2D eigenvalue weighted by molar-refractivity contribution is 6.31. The van der Waals surface area contributed by atoms with E-state index < -0.39 is 5.82 Å². The molecule has 0 saturated heterocycles. The highest BCUT2D eigenvalue weighted by atomic mass is 35.5. The van der Waals surface area contributed by atoms with Crippen LogP contribution in [0.25, 0.3) is 5.69 Å². The molecule has 3 aromatic rings. The fourth-order valence-electron chi connectivity index (χ4n) is 3.15. The molecule has 0 saturated carbocycles. The van der Waals surface area contributed by atoms with Crippen molar-refractivity contribution in [2.45, 2.75) is 26.7 Å². The van der Waals surface area contributed by atoms with Gasteiger partial charge in [0.2, 0.25) is 0 Å². The summed E-state index contributed by atoms with van der Waals surface area (Å²) >= 11 is 5.75. The van der Waals surface area contributed by atoms with Crippen LogP contribution in [0, 0.1) is 19.7 Å². The summed E-state index contributed by atoms with van der Waals surface area (Å²) in [5.41, 5.74) is 4.40. The van der Waals surface area contributed by atoms with Crippen molar-refractivity contribution in [2.24, 2.45) is 0 Å². The molecular formula is C22H21ClFN3O3. The quantitative estimate of drug-likeness (QED) is 0.579. The van der Waals surface area contributed by atoms with Crippen molar-refractivity contribution in [1.29, 1.82) is 0 Å². The highest BCUT2D eigenvalue weighted by Crippen LogP contribution is 2.22. The maximum Gasteiger partial charge on any atom is 0.305 e. The Morgan fingerprint density at radius 2 is 1.87 bits per heavy atom. The van der Waals surface area contributed by atoms with Crippen molar-refractivity contribution in [3.8, 4) is 5.69 Å². The number of rotatable bonds is 6. The van der Waals surface area contributed by atoms with E-state index in [1.165, 1.54) is 25.3 Å². The SMILES string of the molecule is COC(=O)CCc1c(C)nn(-c2ccc(C(=O)Nc3ccc(F)c(Cl)c3)cc2)c1C. The van der Waals surface area contributed by atoms with Gasteiger partial charge in [0.05, 0.1) is 23.5 Å². The number of aryl methyl sites for hydroxylation is 1.